The number of ether oxygens (including phenoxy) is 1. The second-order valence-electron chi connectivity index (χ2n) is 7.16. The smallest absolute Gasteiger partial charge is 0.253 e. The van der Waals surface area contributed by atoms with Crippen molar-refractivity contribution in [1.82, 2.24) is 10.1 Å². The maximum atomic E-state index is 10.9. The number of carbonyl (C=O) groups is 3. The van der Waals surface area contributed by atoms with E-state index in [4.69, 9.17) is 10.5 Å². The minimum atomic E-state index is -0.525. The average Bonchev–Trinajstić information content (AvgIpc) is 2.84. The van der Waals surface area contributed by atoms with E-state index < -0.39 is 5.91 Å². The highest BCUT2D eigenvalue weighted by Crippen LogP contribution is 2.15. The second-order valence-corrected chi connectivity index (χ2v) is 7.16. The van der Waals surface area contributed by atoms with Crippen LogP contribution in [0.4, 0.5) is 0 Å². The van der Waals surface area contributed by atoms with E-state index in [1.165, 1.54) is 12.2 Å². The van der Waals surface area contributed by atoms with E-state index in [1.807, 2.05) is 14.2 Å². The van der Waals surface area contributed by atoms with Crippen LogP contribution in [0.3, 0.4) is 0 Å². The van der Waals surface area contributed by atoms with Crippen molar-refractivity contribution in [2.75, 3.05) is 19.7 Å². The standard InChI is InChI=1S/C11H25BNO.C7H8N2O3/c1-10(2)6-9-14-11(3,4)7-8-13-12-5;8-5(10)3-4-9-6(11)1-2-7(9)12/h10,13H,6-9H2,1-5H3;1-2H,3-4H2,(H2,8,10). The molecule has 0 fully saturated rings. The molecular formula is C18H33BN3O4. The fraction of sp³-hybridized carbons (Fsp3) is 0.722. The SMILES string of the molecule is C[B]NCCC(C)(C)OCCC(C)C.NC(=O)CCN1C(=O)C=CC1=O. The highest BCUT2D eigenvalue weighted by molar-refractivity contribution is 6.29. The zero-order valence-corrected chi connectivity index (χ0v) is 16.7. The highest BCUT2D eigenvalue weighted by Gasteiger charge is 2.22. The number of primary amides is 1. The van der Waals surface area contributed by atoms with E-state index in [2.05, 4.69) is 32.9 Å². The molecule has 7 nitrogen and oxygen atoms in total. The Bertz CT molecular complexity index is 475. The molecule has 1 radical (unpaired) electrons. The number of hydrogen-bond acceptors (Lipinski definition) is 5. The van der Waals surface area contributed by atoms with Gasteiger partial charge in [-0.15, -0.1) is 0 Å². The van der Waals surface area contributed by atoms with Gasteiger partial charge in [-0.25, -0.2) is 0 Å². The Morgan fingerprint density at radius 3 is 2.35 bits per heavy atom. The molecule has 26 heavy (non-hydrogen) atoms. The number of rotatable bonds is 11. The van der Waals surface area contributed by atoms with Crippen LogP contribution in [0.1, 0.15) is 47.0 Å². The summed E-state index contributed by atoms with van der Waals surface area (Å²) in [6.45, 7) is 12.7. The summed E-state index contributed by atoms with van der Waals surface area (Å²) in [6, 6.07) is 0. The first kappa shape index (κ1) is 24.3. The van der Waals surface area contributed by atoms with Crippen molar-refractivity contribution in [1.29, 1.82) is 0 Å². The lowest BCUT2D eigenvalue weighted by Crippen LogP contribution is -2.33. The van der Waals surface area contributed by atoms with E-state index in [0.29, 0.717) is 0 Å². The molecule has 0 saturated carbocycles. The topological polar surface area (TPSA) is 102 Å². The summed E-state index contributed by atoms with van der Waals surface area (Å²) >= 11 is 0. The minimum absolute atomic E-state index is 0.00486. The third kappa shape index (κ3) is 11.8. The molecule has 1 rings (SSSR count). The average molecular weight is 366 g/mol. The quantitative estimate of drug-likeness (QED) is 0.326. The normalized spacial score (nSPS) is 13.8. The van der Waals surface area contributed by atoms with Crippen LogP contribution in [-0.4, -0.2) is 55.3 Å². The van der Waals surface area contributed by atoms with Gasteiger partial charge < -0.3 is 15.7 Å². The van der Waals surface area contributed by atoms with Gasteiger partial charge in [0.2, 0.25) is 13.3 Å². The molecule has 147 valence electrons. The van der Waals surface area contributed by atoms with Crippen molar-refractivity contribution in [2.24, 2.45) is 11.7 Å². The Morgan fingerprint density at radius 1 is 1.31 bits per heavy atom. The van der Waals surface area contributed by atoms with E-state index in [-0.39, 0.29) is 30.4 Å². The molecule has 0 spiro atoms. The first-order valence-electron chi connectivity index (χ1n) is 9.06. The Labute approximate surface area is 158 Å². The van der Waals surface area contributed by atoms with Crippen molar-refractivity contribution < 1.29 is 19.1 Å². The number of hydrogen-bond donors (Lipinski definition) is 2. The van der Waals surface area contributed by atoms with Gasteiger partial charge in [0.05, 0.1) is 5.60 Å². The van der Waals surface area contributed by atoms with Crippen molar-refractivity contribution in [3.8, 4) is 0 Å². The number of carbonyl (C=O) groups excluding carboxylic acids is 3. The molecular weight excluding hydrogens is 333 g/mol. The van der Waals surface area contributed by atoms with Crippen LogP contribution in [-0.2, 0) is 19.1 Å². The van der Waals surface area contributed by atoms with Crippen LogP contribution < -0.4 is 11.0 Å². The van der Waals surface area contributed by atoms with Gasteiger partial charge >= 0.3 is 0 Å². The van der Waals surface area contributed by atoms with E-state index in [0.717, 1.165) is 36.8 Å². The van der Waals surface area contributed by atoms with Gasteiger partial charge in [-0.05, 0) is 39.2 Å². The lowest BCUT2D eigenvalue weighted by Gasteiger charge is -2.26. The van der Waals surface area contributed by atoms with Crippen LogP contribution in [0, 0.1) is 5.92 Å². The van der Waals surface area contributed by atoms with Crippen molar-refractivity contribution in [3.63, 3.8) is 0 Å². The Morgan fingerprint density at radius 2 is 1.88 bits per heavy atom. The summed E-state index contributed by atoms with van der Waals surface area (Å²) in [5.41, 5.74) is 4.86. The van der Waals surface area contributed by atoms with Crippen LogP contribution in [0.5, 0.6) is 0 Å². The molecule has 0 unspecified atom stereocenters. The van der Waals surface area contributed by atoms with Gasteiger partial charge in [0.25, 0.3) is 11.8 Å². The second kappa shape index (κ2) is 12.6. The van der Waals surface area contributed by atoms with E-state index >= 15 is 0 Å². The molecule has 0 saturated heterocycles. The minimum Gasteiger partial charge on any atom is -0.376 e. The van der Waals surface area contributed by atoms with Crippen LogP contribution in [0.2, 0.25) is 6.82 Å². The summed E-state index contributed by atoms with van der Waals surface area (Å²) < 4.78 is 5.83. The number of nitrogens with one attached hydrogen (secondary N) is 1. The fourth-order valence-electron chi connectivity index (χ4n) is 2.03. The summed E-state index contributed by atoms with van der Waals surface area (Å²) in [6.07, 6.45) is 4.55. The predicted octanol–water partition coefficient (Wildman–Crippen LogP) is 1.26. The summed E-state index contributed by atoms with van der Waals surface area (Å²) in [5.74, 6) is -0.571. The van der Waals surface area contributed by atoms with Crippen LogP contribution in [0.25, 0.3) is 0 Å². The summed E-state index contributed by atoms with van der Waals surface area (Å²) in [4.78, 5) is 33.0. The Kier molecular flexibility index (Phi) is 11.8. The maximum Gasteiger partial charge on any atom is 0.253 e. The van der Waals surface area contributed by atoms with Gasteiger partial charge in [-0.3, -0.25) is 19.3 Å². The number of imide groups is 1. The zero-order chi connectivity index (χ0) is 20.2. The van der Waals surface area contributed by atoms with Crippen LogP contribution in [0.15, 0.2) is 12.2 Å². The number of nitrogens with zero attached hydrogens (tertiary/aromatic N) is 1. The molecule has 3 N–H and O–H groups in total. The highest BCUT2D eigenvalue weighted by atomic mass is 16.5. The van der Waals surface area contributed by atoms with E-state index in [1.54, 1.807) is 0 Å². The number of nitrogens with two attached hydrogens (primary N) is 1. The molecule has 1 aliphatic rings. The fourth-order valence-corrected chi connectivity index (χ4v) is 2.03. The number of amides is 3. The molecule has 0 atom stereocenters. The lowest BCUT2D eigenvalue weighted by molar-refractivity contribution is -0.137. The van der Waals surface area contributed by atoms with Crippen molar-refractivity contribution in [3.05, 3.63) is 12.2 Å². The molecule has 1 heterocycles. The van der Waals surface area contributed by atoms with Gasteiger partial charge in [0.1, 0.15) is 0 Å². The molecule has 1 aliphatic heterocycles. The predicted molar refractivity (Wildman–Crippen MR) is 103 cm³/mol. The van der Waals surface area contributed by atoms with Crippen molar-refractivity contribution >= 4 is 25.1 Å². The zero-order valence-electron chi connectivity index (χ0n) is 16.7. The molecule has 0 aromatic rings. The van der Waals surface area contributed by atoms with Gasteiger partial charge in [-0.2, -0.15) is 0 Å². The largest absolute Gasteiger partial charge is 0.376 e. The molecule has 0 aliphatic carbocycles. The molecule has 8 heteroatoms. The third-order valence-corrected chi connectivity index (χ3v) is 3.75. The molecule has 0 aromatic carbocycles. The third-order valence-electron chi connectivity index (χ3n) is 3.75. The Balaban J connectivity index is 0.000000485. The van der Waals surface area contributed by atoms with Gasteiger partial charge in [-0.1, -0.05) is 20.7 Å². The molecule has 0 bridgehead atoms. The first-order chi connectivity index (χ1) is 12.1. The van der Waals surface area contributed by atoms with Crippen LogP contribution >= 0.6 is 0 Å². The lowest BCUT2D eigenvalue weighted by atomic mass is 9.98. The summed E-state index contributed by atoms with van der Waals surface area (Å²) in [7, 11) is 1.98. The maximum absolute atomic E-state index is 10.9. The molecule has 3 amide bonds. The van der Waals surface area contributed by atoms with Gasteiger partial charge in [0, 0.05) is 31.7 Å². The molecule has 0 aromatic heterocycles. The van der Waals surface area contributed by atoms with Gasteiger partial charge in [0.15, 0.2) is 0 Å². The first-order valence-corrected chi connectivity index (χ1v) is 9.06. The van der Waals surface area contributed by atoms with Crippen molar-refractivity contribution in [2.45, 2.75) is 59.4 Å². The summed E-state index contributed by atoms with van der Waals surface area (Å²) in [5, 5.41) is 3.20. The van der Waals surface area contributed by atoms with E-state index in [9.17, 15) is 14.4 Å². The Hall–Kier alpha value is -1.67. The monoisotopic (exact) mass is 366 g/mol.